The van der Waals surface area contributed by atoms with Crippen molar-refractivity contribution in [3.05, 3.63) is 60.2 Å². The molecule has 2 aromatic carbocycles. The van der Waals surface area contributed by atoms with Crippen molar-refractivity contribution in [2.45, 2.75) is 43.7 Å². The summed E-state index contributed by atoms with van der Waals surface area (Å²) in [5.41, 5.74) is 7.11. The zero-order valence-corrected chi connectivity index (χ0v) is 17.4. The molecule has 3 rings (SSSR count). The average molecular weight is 413 g/mol. The van der Waals surface area contributed by atoms with Gasteiger partial charge in [-0.1, -0.05) is 60.3 Å². The molecule has 0 saturated heterocycles. The number of benzene rings is 2. The van der Waals surface area contributed by atoms with E-state index in [1.807, 2.05) is 54.6 Å². The number of ether oxygens (including phenoxy) is 1. The Bertz CT molecular complexity index is 953. The number of carbonyl (C=O) groups excluding carboxylic acids is 1. The van der Waals surface area contributed by atoms with Gasteiger partial charge < -0.3 is 15.6 Å². The van der Waals surface area contributed by atoms with Crippen molar-refractivity contribution >= 4 is 28.7 Å². The smallest absolute Gasteiger partial charge is 0.363 e. The summed E-state index contributed by atoms with van der Waals surface area (Å²) < 4.78 is 5.40. The van der Waals surface area contributed by atoms with Gasteiger partial charge in [0.15, 0.2) is 5.04 Å². The number of carboxylic acids is 1. The zero-order chi connectivity index (χ0) is 21.2. The predicted octanol–water partition coefficient (Wildman–Crippen LogP) is 4.01. The first-order chi connectivity index (χ1) is 13.6. The minimum atomic E-state index is -1.45. The number of esters is 1. The van der Waals surface area contributed by atoms with Gasteiger partial charge in [0.25, 0.3) is 0 Å². The summed E-state index contributed by atoms with van der Waals surface area (Å²) >= 11 is 1.15. The van der Waals surface area contributed by atoms with Crippen LogP contribution in [0.2, 0.25) is 0 Å². The Labute approximate surface area is 174 Å². The molecule has 0 aliphatic carbocycles. The Hall–Kier alpha value is -2.64. The molecule has 1 aliphatic heterocycles. The predicted molar refractivity (Wildman–Crippen MR) is 115 cm³/mol. The number of aliphatic carboxylic acids is 1. The summed E-state index contributed by atoms with van der Waals surface area (Å²) in [6.45, 7) is 5.29. The van der Waals surface area contributed by atoms with E-state index >= 15 is 0 Å². The van der Waals surface area contributed by atoms with E-state index in [9.17, 15) is 14.7 Å². The normalized spacial score (nSPS) is 21.5. The SMILES string of the molecule is CC(C)(C)OC(=O)C1=NC(N)(CC(=O)O)C(c2cccc(-c3ccccc3)c2)S1. The molecule has 7 heteroatoms. The summed E-state index contributed by atoms with van der Waals surface area (Å²) in [7, 11) is 0. The lowest BCUT2D eigenvalue weighted by atomic mass is 9.94. The van der Waals surface area contributed by atoms with Gasteiger partial charge in [0.2, 0.25) is 0 Å². The molecule has 2 aromatic rings. The molecule has 0 fully saturated rings. The molecule has 6 nitrogen and oxygen atoms in total. The van der Waals surface area contributed by atoms with E-state index in [-0.39, 0.29) is 5.04 Å². The van der Waals surface area contributed by atoms with Crippen molar-refractivity contribution in [2.24, 2.45) is 10.7 Å². The molecule has 0 amide bonds. The van der Waals surface area contributed by atoms with Crippen LogP contribution in [0, 0.1) is 0 Å². The van der Waals surface area contributed by atoms with Crippen molar-refractivity contribution in [1.82, 2.24) is 0 Å². The monoisotopic (exact) mass is 412 g/mol. The lowest BCUT2D eigenvalue weighted by Crippen LogP contribution is -2.42. The average Bonchev–Trinajstić information content (AvgIpc) is 2.98. The van der Waals surface area contributed by atoms with Crippen LogP contribution in [0.5, 0.6) is 0 Å². The van der Waals surface area contributed by atoms with Crippen LogP contribution >= 0.6 is 11.8 Å². The highest BCUT2D eigenvalue weighted by atomic mass is 32.2. The first kappa shape index (κ1) is 21.1. The topological polar surface area (TPSA) is 102 Å². The van der Waals surface area contributed by atoms with Crippen molar-refractivity contribution in [3.8, 4) is 11.1 Å². The Morgan fingerprint density at radius 1 is 1.14 bits per heavy atom. The van der Waals surface area contributed by atoms with Crippen molar-refractivity contribution < 1.29 is 19.4 Å². The second kappa shape index (κ2) is 8.00. The van der Waals surface area contributed by atoms with E-state index in [0.29, 0.717) is 0 Å². The summed E-state index contributed by atoms with van der Waals surface area (Å²) in [6, 6.07) is 17.5. The molecule has 152 valence electrons. The van der Waals surface area contributed by atoms with Crippen LogP contribution in [-0.4, -0.2) is 33.4 Å². The van der Waals surface area contributed by atoms with E-state index in [1.54, 1.807) is 20.8 Å². The molecule has 1 heterocycles. The minimum Gasteiger partial charge on any atom is -0.481 e. The van der Waals surface area contributed by atoms with Crippen LogP contribution in [0.1, 0.15) is 38.0 Å². The number of thioether (sulfide) groups is 1. The summed E-state index contributed by atoms with van der Waals surface area (Å²) in [4.78, 5) is 28.3. The van der Waals surface area contributed by atoms with Crippen LogP contribution in [0.25, 0.3) is 11.1 Å². The second-order valence-corrected chi connectivity index (χ2v) is 9.06. The Kier molecular flexibility index (Phi) is 5.82. The van der Waals surface area contributed by atoms with Gasteiger partial charge in [-0.15, -0.1) is 0 Å². The summed E-state index contributed by atoms with van der Waals surface area (Å²) in [5.74, 6) is -1.67. The number of carbonyl (C=O) groups is 2. The zero-order valence-electron chi connectivity index (χ0n) is 16.6. The van der Waals surface area contributed by atoms with E-state index in [4.69, 9.17) is 10.5 Å². The molecule has 2 unspecified atom stereocenters. The lowest BCUT2D eigenvalue weighted by molar-refractivity contribution is -0.146. The van der Waals surface area contributed by atoms with Crippen LogP contribution in [0.15, 0.2) is 59.6 Å². The van der Waals surface area contributed by atoms with Crippen LogP contribution in [-0.2, 0) is 14.3 Å². The Morgan fingerprint density at radius 3 is 2.41 bits per heavy atom. The maximum Gasteiger partial charge on any atom is 0.363 e. The molecule has 29 heavy (non-hydrogen) atoms. The van der Waals surface area contributed by atoms with Crippen LogP contribution in [0.4, 0.5) is 0 Å². The van der Waals surface area contributed by atoms with Crippen molar-refractivity contribution in [3.63, 3.8) is 0 Å². The molecule has 0 saturated carbocycles. The molecule has 0 aromatic heterocycles. The van der Waals surface area contributed by atoms with Gasteiger partial charge in [-0.2, -0.15) is 0 Å². The number of carboxylic acid groups (broad SMARTS) is 1. The Balaban J connectivity index is 1.96. The fourth-order valence-electron chi connectivity index (χ4n) is 3.15. The number of hydrogen-bond acceptors (Lipinski definition) is 6. The molecular weight excluding hydrogens is 388 g/mol. The Morgan fingerprint density at radius 2 is 1.79 bits per heavy atom. The third kappa shape index (κ3) is 5.05. The van der Waals surface area contributed by atoms with Gasteiger partial charge in [0.05, 0.1) is 11.7 Å². The largest absolute Gasteiger partial charge is 0.481 e. The van der Waals surface area contributed by atoms with Crippen LogP contribution < -0.4 is 5.73 Å². The summed E-state index contributed by atoms with van der Waals surface area (Å²) in [6.07, 6.45) is -0.396. The maximum absolute atomic E-state index is 12.5. The first-order valence-electron chi connectivity index (χ1n) is 9.23. The van der Waals surface area contributed by atoms with E-state index < -0.39 is 34.9 Å². The van der Waals surface area contributed by atoms with Gasteiger partial charge >= 0.3 is 11.9 Å². The lowest BCUT2D eigenvalue weighted by Gasteiger charge is -2.27. The standard InChI is InChI=1S/C22H24N2O4S/c1-21(2,3)28-20(27)19-24-22(23,13-17(25)26)18(29-19)16-11-7-10-15(12-16)14-8-5-4-6-9-14/h4-12,18H,13,23H2,1-3H3,(H,25,26). The highest BCUT2D eigenvalue weighted by Crippen LogP contribution is 2.47. The molecular formula is C22H24N2O4S. The fourth-order valence-corrected chi connectivity index (χ4v) is 4.35. The van der Waals surface area contributed by atoms with Gasteiger partial charge in [0.1, 0.15) is 11.3 Å². The van der Waals surface area contributed by atoms with Crippen LogP contribution in [0.3, 0.4) is 0 Å². The van der Waals surface area contributed by atoms with E-state index in [0.717, 1.165) is 28.5 Å². The number of hydrogen-bond donors (Lipinski definition) is 2. The number of nitrogens with two attached hydrogens (primary N) is 1. The first-order valence-corrected chi connectivity index (χ1v) is 10.1. The second-order valence-electron chi connectivity index (χ2n) is 7.97. The van der Waals surface area contributed by atoms with E-state index in [2.05, 4.69) is 4.99 Å². The van der Waals surface area contributed by atoms with Gasteiger partial charge in [-0.3, -0.25) is 4.79 Å². The van der Waals surface area contributed by atoms with Gasteiger partial charge in [-0.05, 0) is 43.5 Å². The van der Waals surface area contributed by atoms with Gasteiger partial charge in [-0.25, -0.2) is 9.79 Å². The quantitative estimate of drug-likeness (QED) is 0.720. The van der Waals surface area contributed by atoms with Crippen molar-refractivity contribution in [2.75, 3.05) is 0 Å². The summed E-state index contributed by atoms with van der Waals surface area (Å²) in [5, 5.41) is 8.95. The highest BCUT2D eigenvalue weighted by molar-refractivity contribution is 8.16. The van der Waals surface area contributed by atoms with E-state index in [1.165, 1.54) is 0 Å². The molecule has 0 radical (unpaired) electrons. The molecule has 1 aliphatic rings. The molecule has 2 atom stereocenters. The number of aliphatic imine (C=N–C) groups is 1. The number of rotatable bonds is 5. The third-order valence-corrected chi connectivity index (χ3v) is 5.69. The van der Waals surface area contributed by atoms with Crippen molar-refractivity contribution in [1.29, 1.82) is 0 Å². The molecule has 0 spiro atoms. The van der Waals surface area contributed by atoms with Gasteiger partial charge in [0, 0.05) is 0 Å². The highest BCUT2D eigenvalue weighted by Gasteiger charge is 2.47. The maximum atomic E-state index is 12.5. The molecule has 3 N–H and O–H groups in total. The number of nitrogens with zero attached hydrogens (tertiary/aromatic N) is 1. The fraction of sp³-hybridized carbons (Fsp3) is 0.318. The third-order valence-electron chi connectivity index (χ3n) is 4.30. The minimum absolute atomic E-state index is 0.0961. The molecule has 0 bridgehead atoms.